The molecule has 2 amide bonds. The average molecular weight is 276 g/mol. The number of carbonyl (C=O) groups excluding carboxylic acids is 1. The molecule has 19 heavy (non-hydrogen) atoms. The van der Waals surface area contributed by atoms with E-state index in [1.54, 1.807) is 0 Å². The summed E-state index contributed by atoms with van der Waals surface area (Å²) in [5, 5.41) is 29.1. The number of hydrogen-bond donors (Lipinski definition) is 4. The Balaban J connectivity index is 4.29. The summed E-state index contributed by atoms with van der Waals surface area (Å²) < 4.78 is 0. The Hall–Kier alpha value is -1.34. The molecule has 0 aliphatic heterocycles. The van der Waals surface area contributed by atoms with Crippen LogP contribution in [0.2, 0.25) is 0 Å². The summed E-state index contributed by atoms with van der Waals surface area (Å²) in [6, 6.07) is -0.308. The molecule has 0 aromatic rings. The van der Waals surface area contributed by atoms with Gasteiger partial charge in [-0.2, -0.15) is 0 Å². The molecule has 0 rings (SSSR count). The molecule has 4 N–H and O–H groups in total. The smallest absolute Gasteiger partial charge is 0.332 e. The number of urea groups is 1. The maximum atomic E-state index is 11.9. The molecular formula is C12H24N2O5. The van der Waals surface area contributed by atoms with Gasteiger partial charge in [-0.15, -0.1) is 0 Å². The lowest BCUT2D eigenvalue weighted by Crippen LogP contribution is -2.47. The highest BCUT2D eigenvalue weighted by Crippen LogP contribution is 2.08. The van der Waals surface area contributed by atoms with Gasteiger partial charge in [0, 0.05) is 25.6 Å². The molecule has 0 aliphatic carbocycles. The first-order valence-corrected chi connectivity index (χ1v) is 6.54. The van der Waals surface area contributed by atoms with Gasteiger partial charge in [-0.3, -0.25) is 0 Å². The van der Waals surface area contributed by atoms with Gasteiger partial charge in [-0.25, -0.2) is 9.59 Å². The van der Waals surface area contributed by atoms with Crippen molar-refractivity contribution in [3.63, 3.8) is 0 Å². The summed E-state index contributed by atoms with van der Waals surface area (Å²) in [4.78, 5) is 23.9. The molecule has 112 valence electrons. The lowest BCUT2D eigenvalue weighted by Gasteiger charge is -2.30. The number of aliphatic hydroxyl groups excluding tert-OH is 2. The molecule has 0 aliphatic rings. The molecule has 0 aromatic carbocycles. The van der Waals surface area contributed by atoms with Gasteiger partial charge in [-0.1, -0.05) is 13.8 Å². The Morgan fingerprint density at radius 3 is 2.26 bits per heavy atom. The van der Waals surface area contributed by atoms with E-state index in [9.17, 15) is 9.59 Å². The second kappa shape index (κ2) is 9.57. The average Bonchev–Trinajstić information content (AvgIpc) is 2.38. The second-order valence-electron chi connectivity index (χ2n) is 4.26. The van der Waals surface area contributed by atoms with Gasteiger partial charge in [0.15, 0.2) is 6.10 Å². The Morgan fingerprint density at radius 2 is 1.84 bits per heavy atom. The summed E-state index contributed by atoms with van der Waals surface area (Å²) in [6.45, 7) is 4.11. The van der Waals surface area contributed by atoms with Gasteiger partial charge in [0.25, 0.3) is 0 Å². The molecule has 0 fully saturated rings. The van der Waals surface area contributed by atoms with Crippen molar-refractivity contribution in [1.29, 1.82) is 0 Å². The van der Waals surface area contributed by atoms with Crippen LogP contribution in [0.4, 0.5) is 4.79 Å². The number of nitrogens with zero attached hydrogens (tertiary/aromatic N) is 1. The van der Waals surface area contributed by atoms with Crippen LogP contribution in [-0.4, -0.2) is 64.1 Å². The lowest BCUT2D eigenvalue weighted by molar-refractivity contribution is -0.146. The van der Waals surface area contributed by atoms with Crippen LogP contribution < -0.4 is 5.32 Å². The summed E-state index contributed by atoms with van der Waals surface area (Å²) >= 11 is 0. The van der Waals surface area contributed by atoms with E-state index in [0.717, 1.165) is 12.8 Å². The van der Waals surface area contributed by atoms with Gasteiger partial charge in [-0.05, 0) is 12.8 Å². The minimum Gasteiger partial charge on any atom is -0.479 e. The van der Waals surface area contributed by atoms with E-state index in [1.165, 1.54) is 4.90 Å². The molecule has 0 radical (unpaired) electrons. The third-order valence-electron chi connectivity index (χ3n) is 2.96. The molecule has 7 heteroatoms. The molecule has 0 spiro atoms. The van der Waals surface area contributed by atoms with Crippen molar-refractivity contribution >= 4 is 12.0 Å². The van der Waals surface area contributed by atoms with Gasteiger partial charge in [0.1, 0.15) is 0 Å². The summed E-state index contributed by atoms with van der Waals surface area (Å²) in [6.07, 6.45) is 0.0417. The van der Waals surface area contributed by atoms with Gasteiger partial charge in [0.2, 0.25) is 0 Å². The van der Waals surface area contributed by atoms with E-state index in [-0.39, 0.29) is 38.2 Å². The number of aliphatic carboxylic acids is 1. The largest absolute Gasteiger partial charge is 0.479 e. The minimum atomic E-state index is -1.47. The van der Waals surface area contributed by atoms with E-state index in [0.29, 0.717) is 0 Å². The molecule has 0 saturated carbocycles. The standard InChI is InChI=1S/C12H24N2O5/c1-3-9(4-2)14(7-8-15)12(19)13-6-5-10(16)11(17)18/h9-10,15-16H,3-8H2,1-2H3,(H,13,19)(H,17,18)/t10-/m0/s1. The quantitative estimate of drug-likeness (QED) is 0.474. The highest BCUT2D eigenvalue weighted by molar-refractivity contribution is 5.75. The van der Waals surface area contributed by atoms with Crippen LogP contribution in [0.25, 0.3) is 0 Å². The molecule has 1 atom stereocenters. The number of hydrogen-bond acceptors (Lipinski definition) is 4. The zero-order valence-corrected chi connectivity index (χ0v) is 11.5. The summed E-state index contributed by atoms with van der Waals surface area (Å²) in [5.74, 6) is -1.30. The van der Waals surface area contributed by atoms with E-state index < -0.39 is 12.1 Å². The number of amides is 2. The Kier molecular flexibility index (Phi) is 8.90. The van der Waals surface area contributed by atoms with Crippen molar-refractivity contribution in [2.24, 2.45) is 0 Å². The zero-order valence-electron chi connectivity index (χ0n) is 11.5. The number of carboxylic acids is 1. The van der Waals surface area contributed by atoms with Crippen molar-refractivity contribution < 1.29 is 24.9 Å². The van der Waals surface area contributed by atoms with Crippen LogP contribution >= 0.6 is 0 Å². The van der Waals surface area contributed by atoms with Gasteiger partial charge in [0.05, 0.1) is 6.61 Å². The summed E-state index contributed by atoms with van der Waals surface area (Å²) in [5.41, 5.74) is 0. The van der Waals surface area contributed by atoms with Crippen LogP contribution in [0.1, 0.15) is 33.1 Å². The third-order valence-corrected chi connectivity index (χ3v) is 2.96. The first kappa shape index (κ1) is 17.7. The van der Waals surface area contributed by atoms with E-state index in [4.69, 9.17) is 15.3 Å². The van der Waals surface area contributed by atoms with Crippen molar-refractivity contribution in [3.8, 4) is 0 Å². The topological polar surface area (TPSA) is 110 Å². The van der Waals surface area contributed by atoms with E-state index in [1.807, 2.05) is 13.8 Å². The van der Waals surface area contributed by atoms with E-state index in [2.05, 4.69) is 5.32 Å². The third kappa shape index (κ3) is 6.40. The van der Waals surface area contributed by atoms with Crippen LogP contribution in [0.15, 0.2) is 0 Å². The molecule has 0 heterocycles. The second-order valence-corrected chi connectivity index (χ2v) is 4.26. The fourth-order valence-corrected chi connectivity index (χ4v) is 1.83. The number of aliphatic hydroxyl groups is 2. The lowest BCUT2D eigenvalue weighted by atomic mass is 10.1. The SMILES string of the molecule is CCC(CC)N(CCO)C(=O)NCC[C@H](O)C(=O)O. The van der Waals surface area contributed by atoms with E-state index >= 15 is 0 Å². The highest BCUT2D eigenvalue weighted by atomic mass is 16.4. The molecule has 7 nitrogen and oxygen atoms in total. The van der Waals surface area contributed by atoms with Gasteiger partial charge >= 0.3 is 12.0 Å². The van der Waals surface area contributed by atoms with Gasteiger partial charge < -0.3 is 25.5 Å². The predicted octanol–water partition coefficient (Wildman–Crippen LogP) is 0.0145. The predicted molar refractivity (Wildman–Crippen MR) is 69.8 cm³/mol. The number of nitrogens with one attached hydrogen (secondary N) is 1. The van der Waals surface area contributed by atoms with Crippen molar-refractivity contribution in [1.82, 2.24) is 10.2 Å². The first-order chi connectivity index (χ1) is 8.97. The normalized spacial score (nSPS) is 12.3. The van der Waals surface area contributed by atoms with Crippen LogP contribution in [0.5, 0.6) is 0 Å². The van der Waals surface area contributed by atoms with Crippen LogP contribution in [0, 0.1) is 0 Å². The van der Waals surface area contributed by atoms with Crippen LogP contribution in [-0.2, 0) is 4.79 Å². The van der Waals surface area contributed by atoms with Crippen molar-refractivity contribution in [2.45, 2.75) is 45.3 Å². The molecule has 0 aromatic heterocycles. The fraction of sp³-hybridized carbons (Fsp3) is 0.833. The first-order valence-electron chi connectivity index (χ1n) is 6.54. The molecular weight excluding hydrogens is 252 g/mol. The number of carbonyl (C=O) groups is 2. The minimum absolute atomic E-state index is 0.0385. The number of carboxylic acid groups (broad SMARTS) is 1. The maximum Gasteiger partial charge on any atom is 0.332 e. The maximum absolute atomic E-state index is 11.9. The molecule has 0 unspecified atom stereocenters. The highest BCUT2D eigenvalue weighted by Gasteiger charge is 2.21. The monoisotopic (exact) mass is 276 g/mol. The Labute approximate surface area is 113 Å². The molecule has 0 bridgehead atoms. The summed E-state index contributed by atoms with van der Waals surface area (Å²) in [7, 11) is 0. The number of rotatable bonds is 9. The Bertz CT molecular complexity index is 281. The molecule has 0 saturated heterocycles. The van der Waals surface area contributed by atoms with Crippen molar-refractivity contribution in [3.05, 3.63) is 0 Å². The van der Waals surface area contributed by atoms with Crippen molar-refractivity contribution in [2.75, 3.05) is 19.7 Å². The fourth-order valence-electron chi connectivity index (χ4n) is 1.83. The Morgan fingerprint density at radius 1 is 1.26 bits per heavy atom. The van der Waals surface area contributed by atoms with Crippen LogP contribution in [0.3, 0.4) is 0 Å². The zero-order chi connectivity index (χ0) is 14.8.